The molecule has 1 heterocycles. The lowest BCUT2D eigenvalue weighted by Crippen LogP contribution is -2.04. The summed E-state index contributed by atoms with van der Waals surface area (Å²) in [5.74, 6) is 0.257. The number of carboxylic acid groups (broad SMARTS) is 1. The molecule has 4 nitrogen and oxygen atoms in total. The number of fused-ring (bicyclic) bond motifs is 1. The van der Waals surface area contributed by atoms with Crippen LogP contribution in [0.2, 0.25) is 0 Å². The molecule has 0 saturated carbocycles. The maximum absolute atomic E-state index is 11.0. The smallest absolute Gasteiger partial charge is 0.303 e. The van der Waals surface area contributed by atoms with Gasteiger partial charge < -0.3 is 9.84 Å². The van der Waals surface area contributed by atoms with Crippen molar-refractivity contribution in [3.05, 3.63) is 69.2 Å². The summed E-state index contributed by atoms with van der Waals surface area (Å²) in [6.07, 6.45) is 2.81. The highest BCUT2D eigenvalue weighted by atomic mass is 32.1. The van der Waals surface area contributed by atoms with Crippen molar-refractivity contribution < 1.29 is 14.6 Å². The second-order valence-electron chi connectivity index (χ2n) is 8.19. The van der Waals surface area contributed by atoms with Crippen molar-refractivity contribution in [2.24, 2.45) is 0 Å². The molecule has 3 aromatic rings. The third-order valence-corrected chi connectivity index (χ3v) is 6.77. The molecule has 1 aliphatic rings. The van der Waals surface area contributed by atoms with Gasteiger partial charge in [-0.2, -0.15) is 0 Å². The molecule has 0 saturated heterocycles. The van der Waals surface area contributed by atoms with Crippen LogP contribution in [-0.2, 0) is 17.6 Å². The van der Waals surface area contributed by atoms with Crippen LogP contribution < -0.4 is 4.74 Å². The van der Waals surface area contributed by atoms with E-state index in [1.54, 1.807) is 11.3 Å². The van der Waals surface area contributed by atoms with Crippen LogP contribution in [0, 0.1) is 20.8 Å². The molecule has 0 spiro atoms. The van der Waals surface area contributed by atoms with Crippen molar-refractivity contribution in [1.29, 1.82) is 0 Å². The zero-order chi connectivity index (χ0) is 21.3. The fraction of sp³-hybridized carbons (Fsp3) is 0.360. The van der Waals surface area contributed by atoms with E-state index in [0.717, 1.165) is 41.3 Å². The minimum atomic E-state index is -0.730. The number of nitrogens with zero attached hydrogens (tertiary/aromatic N) is 1. The number of thiazole rings is 1. The van der Waals surface area contributed by atoms with Crippen LogP contribution in [0.5, 0.6) is 5.75 Å². The quantitative estimate of drug-likeness (QED) is 0.519. The van der Waals surface area contributed by atoms with Gasteiger partial charge in [0, 0.05) is 16.9 Å². The Balaban J connectivity index is 1.39. The lowest BCUT2D eigenvalue weighted by atomic mass is 9.98. The van der Waals surface area contributed by atoms with Crippen molar-refractivity contribution in [1.82, 2.24) is 4.98 Å². The number of carbonyl (C=O) groups is 1. The van der Waals surface area contributed by atoms with E-state index in [4.69, 9.17) is 14.8 Å². The first kappa shape index (κ1) is 20.6. The van der Waals surface area contributed by atoms with Crippen molar-refractivity contribution in [3.63, 3.8) is 0 Å². The minimum Gasteiger partial charge on any atom is -0.493 e. The molecule has 0 bridgehead atoms. The largest absolute Gasteiger partial charge is 0.493 e. The summed E-state index contributed by atoms with van der Waals surface area (Å²) in [6.45, 7) is 6.93. The van der Waals surface area contributed by atoms with Crippen LogP contribution in [0.25, 0.3) is 10.6 Å². The summed E-state index contributed by atoms with van der Waals surface area (Å²) in [5, 5.41) is 10.1. The summed E-state index contributed by atoms with van der Waals surface area (Å²) < 4.78 is 6.01. The van der Waals surface area contributed by atoms with E-state index in [0.29, 0.717) is 6.61 Å². The topological polar surface area (TPSA) is 59.4 Å². The van der Waals surface area contributed by atoms with Gasteiger partial charge in [0.15, 0.2) is 0 Å². The van der Waals surface area contributed by atoms with E-state index in [-0.39, 0.29) is 12.3 Å². The van der Waals surface area contributed by atoms with Gasteiger partial charge in [0.2, 0.25) is 0 Å². The highest BCUT2D eigenvalue weighted by Gasteiger charge is 2.24. The van der Waals surface area contributed by atoms with E-state index in [2.05, 4.69) is 45.0 Å². The third kappa shape index (κ3) is 4.57. The zero-order valence-electron chi connectivity index (χ0n) is 17.7. The van der Waals surface area contributed by atoms with E-state index in [9.17, 15) is 4.79 Å². The van der Waals surface area contributed by atoms with Gasteiger partial charge in [0.25, 0.3) is 0 Å². The molecular weight excluding hydrogens is 394 g/mol. The number of hydrogen-bond acceptors (Lipinski definition) is 4. The highest BCUT2D eigenvalue weighted by Crippen LogP contribution is 2.37. The monoisotopic (exact) mass is 421 g/mol. The number of hydrogen-bond donors (Lipinski definition) is 1. The molecule has 0 aliphatic heterocycles. The van der Waals surface area contributed by atoms with Gasteiger partial charge in [-0.15, -0.1) is 11.3 Å². The number of aromatic nitrogens is 1. The molecular formula is C25H27NO3S. The van der Waals surface area contributed by atoms with E-state index < -0.39 is 5.97 Å². The number of carboxylic acids is 1. The number of aliphatic carboxylic acids is 1. The Hall–Kier alpha value is -2.66. The first-order chi connectivity index (χ1) is 14.4. The van der Waals surface area contributed by atoms with Crippen LogP contribution in [0.1, 0.15) is 51.6 Å². The van der Waals surface area contributed by atoms with Crippen molar-refractivity contribution in [3.8, 4) is 16.3 Å². The Bertz CT molecular complexity index is 1070. The Morgan fingerprint density at radius 3 is 2.67 bits per heavy atom. The second kappa shape index (κ2) is 8.60. The van der Waals surface area contributed by atoms with Crippen LogP contribution in [0.3, 0.4) is 0 Å². The number of aryl methyl sites for hydroxylation is 4. The SMILES string of the molecule is Cc1cc(C)cc(-c2nc(CCOc3ccc4c(c3)CC[C@H]4CC(=O)O)c(C)s2)c1. The molecule has 156 valence electrons. The summed E-state index contributed by atoms with van der Waals surface area (Å²) in [6, 6.07) is 12.6. The van der Waals surface area contributed by atoms with Gasteiger partial charge in [-0.05, 0) is 74.9 Å². The normalized spacial score (nSPS) is 15.2. The molecule has 2 aromatic carbocycles. The van der Waals surface area contributed by atoms with Gasteiger partial charge >= 0.3 is 5.97 Å². The summed E-state index contributed by atoms with van der Waals surface area (Å²) >= 11 is 1.74. The van der Waals surface area contributed by atoms with Gasteiger partial charge in [0.05, 0.1) is 18.7 Å². The Morgan fingerprint density at radius 2 is 1.93 bits per heavy atom. The van der Waals surface area contributed by atoms with Crippen molar-refractivity contribution in [2.45, 2.75) is 52.4 Å². The second-order valence-corrected chi connectivity index (χ2v) is 9.39. The minimum absolute atomic E-state index is 0.132. The first-order valence-electron chi connectivity index (χ1n) is 10.4. The number of ether oxygens (including phenoxy) is 1. The Morgan fingerprint density at radius 1 is 1.17 bits per heavy atom. The van der Waals surface area contributed by atoms with Gasteiger partial charge in [-0.3, -0.25) is 4.79 Å². The van der Waals surface area contributed by atoms with E-state index in [1.807, 2.05) is 12.1 Å². The molecule has 0 fully saturated rings. The highest BCUT2D eigenvalue weighted by molar-refractivity contribution is 7.15. The molecule has 0 amide bonds. The summed E-state index contributed by atoms with van der Waals surface area (Å²) in [7, 11) is 0. The van der Waals surface area contributed by atoms with Crippen LogP contribution in [0.4, 0.5) is 0 Å². The lowest BCUT2D eigenvalue weighted by molar-refractivity contribution is -0.137. The van der Waals surface area contributed by atoms with Crippen LogP contribution in [0.15, 0.2) is 36.4 Å². The van der Waals surface area contributed by atoms with Gasteiger partial charge in [-0.25, -0.2) is 4.98 Å². The molecule has 5 heteroatoms. The number of rotatable bonds is 7. The van der Waals surface area contributed by atoms with Crippen LogP contribution in [-0.4, -0.2) is 22.7 Å². The molecule has 1 atom stereocenters. The van der Waals surface area contributed by atoms with Crippen molar-refractivity contribution in [2.75, 3.05) is 6.61 Å². The van der Waals surface area contributed by atoms with E-state index >= 15 is 0 Å². The van der Waals surface area contributed by atoms with Gasteiger partial charge in [0.1, 0.15) is 10.8 Å². The van der Waals surface area contributed by atoms with E-state index in [1.165, 1.54) is 27.1 Å². The zero-order valence-corrected chi connectivity index (χ0v) is 18.5. The Labute approximate surface area is 181 Å². The molecule has 0 unspecified atom stereocenters. The maximum atomic E-state index is 11.0. The molecule has 0 radical (unpaired) electrons. The maximum Gasteiger partial charge on any atom is 0.303 e. The lowest BCUT2D eigenvalue weighted by Gasteiger charge is -2.10. The average Bonchev–Trinajstić information content (AvgIpc) is 3.24. The predicted molar refractivity (Wildman–Crippen MR) is 121 cm³/mol. The number of benzene rings is 2. The molecule has 30 heavy (non-hydrogen) atoms. The van der Waals surface area contributed by atoms with Gasteiger partial charge in [-0.1, -0.05) is 23.3 Å². The first-order valence-corrected chi connectivity index (χ1v) is 11.2. The summed E-state index contributed by atoms with van der Waals surface area (Å²) in [4.78, 5) is 17.1. The van der Waals surface area contributed by atoms with Crippen LogP contribution >= 0.6 is 11.3 Å². The average molecular weight is 422 g/mol. The standard InChI is InChI=1S/C25H27NO3S/c1-15-10-16(2)12-20(11-15)25-26-23(17(3)30-25)8-9-29-21-6-7-22-18(13-21)4-5-19(22)14-24(27)28/h6-7,10-13,19H,4-5,8-9,14H2,1-3H3,(H,27,28)/t19-/m0/s1. The Kier molecular flexibility index (Phi) is 5.91. The molecule has 1 aliphatic carbocycles. The molecule has 4 rings (SSSR count). The third-order valence-electron chi connectivity index (χ3n) is 5.71. The summed E-state index contributed by atoms with van der Waals surface area (Å²) in [5.41, 5.74) is 7.17. The van der Waals surface area contributed by atoms with Crippen molar-refractivity contribution >= 4 is 17.3 Å². The fourth-order valence-electron chi connectivity index (χ4n) is 4.34. The fourth-order valence-corrected chi connectivity index (χ4v) is 5.29. The molecule has 1 aromatic heterocycles. The molecule has 1 N–H and O–H groups in total. The predicted octanol–water partition coefficient (Wildman–Crippen LogP) is 5.86.